The van der Waals surface area contributed by atoms with E-state index in [2.05, 4.69) is 20.1 Å². The van der Waals surface area contributed by atoms with Gasteiger partial charge in [-0.15, -0.1) is 0 Å². The molecule has 0 bridgehead atoms. The van der Waals surface area contributed by atoms with Crippen LogP contribution in [0.1, 0.15) is 5.69 Å². The van der Waals surface area contributed by atoms with Crippen molar-refractivity contribution < 1.29 is 17.9 Å². The van der Waals surface area contributed by atoms with Gasteiger partial charge in [-0.2, -0.15) is 23.3 Å². The highest BCUT2D eigenvalue weighted by atomic mass is 19.4. The first-order valence-corrected chi connectivity index (χ1v) is 6.45. The number of aromatic nitrogens is 5. The van der Waals surface area contributed by atoms with Crippen molar-refractivity contribution in [2.75, 3.05) is 0 Å². The predicted molar refractivity (Wildman–Crippen MR) is 73.5 cm³/mol. The Morgan fingerprint density at radius 2 is 2.00 bits per heavy atom. The lowest BCUT2D eigenvalue weighted by Gasteiger charge is -2.10. The van der Waals surface area contributed by atoms with Gasteiger partial charge in [0.1, 0.15) is 0 Å². The molecule has 3 heterocycles. The summed E-state index contributed by atoms with van der Waals surface area (Å²) in [4.78, 5) is 11.4. The lowest BCUT2D eigenvalue weighted by molar-refractivity contribution is -0.141. The van der Waals surface area contributed by atoms with Gasteiger partial charge in [0, 0.05) is 31.1 Å². The minimum atomic E-state index is -4.62. The molecule has 0 aliphatic carbocycles. The van der Waals surface area contributed by atoms with Crippen molar-refractivity contribution in [1.82, 2.24) is 24.7 Å². The SMILES string of the molecule is Cn1cc(Oc2cc(C(F)(F)F)nc(-c3cccnc3)n2)cn1. The summed E-state index contributed by atoms with van der Waals surface area (Å²) in [6.07, 6.45) is 1.15. The summed E-state index contributed by atoms with van der Waals surface area (Å²) >= 11 is 0. The summed E-state index contributed by atoms with van der Waals surface area (Å²) in [5.41, 5.74) is -0.736. The molecule has 3 aromatic rings. The van der Waals surface area contributed by atoms with Gasteiger partial charge in [-0.05, 0) is 12.1 Å². The first-order chi connectivity index (χ1) is 10.9. The number of alkyl halides is 3. The van der Waals surface area contributed by atoms with Gasteiger partial charge in [-0.1, -0.05) is 0 Å². The minimum Gasteiger partial charge on any atom is -0.436 e. The van der Waals surface area contributed by atoms with E-state index in [1.54, 1.807) is 19.2 Å². The molecule has 0 amide bonds. The van der Waals surface area contributed by atoms with Crippen molar-refractivity contribution >= 4 is 0 Å². The zero-order valence-electron chi connectivity index (χ0n) is 11.8. The Kier molecular flexibility index (Phi) is 3.68. The molecule has 0 atom stereocenters. The van der Waals surface area contributed by atoms with Crippen LogP contribution in [0.5, 0.6) is 11.6 Å². The van der Waals surface area contributed by atoms with Gasteiger partial charge in [0.05, 0.1) is 12.4 Å². The minimum absolute atomic E-state index is 0.119. The molecule has 118 valence electrons. The highest BCUT2D eigenvalue weighted by Crippen LogP contribution is 2.32. The maximum Gasteiger partial charge on any atom is 0.433 e. The summed E-state index contributed by atoms with van der Waals surface area (Å²) in [7, 11) is 1.66. The Bertz CT molecular complexity index is 817. The first kappa shape index (κ1) is 14.9. The topological polar surface area (TPSA) is 65.7 Å². The molecule has 3 aromatic heterocycles. The van der Waals surface area contributed by atoms with Crippen LogP contribution in [0.15, 0.2) is 43.0 Å². The summed E-state index contributed by atoms with van der Waals surface area (Å²) in [5, 5.41) is 3.88. The average Bonchev–Trinajstić information content (AvgIpc) is 2.92. The Morgan fingerprint density at radius 3 is 2.61 bits per heavy atom. The van der Waals surface area contributed by atoms with Gasteiger partial charge < -0.3 is 4.74 Å². The molecule has 0 aliphatic heterocycles. The molecule has 3 rings (SSSR count). The van der Waals surface area contributed by atoms with E-state index < -0.39 is 11.9 Å². The summed E-state index contributed by atoms with van der Waals surface area (Å²) in [6.45, 7) is 0. The van der Waals surface area contributed by atoms with E-state index in [-0.39, 0.29) is 17.5 Å². The van der Waals surface area contributed by atoms with Crippen LogP contribution in [0.2, 0.25) is 0 Å². The van der Waals surface area contributed by atoms with Crippen LogP contribution in [-0.2, 0) is 13.2 Å². The van der Waals surface area contributed by atoms with E-state index in [1.807, 2.05) is 0 Å². The molecule has 0 unspecified atom stereocenters. The summed E-state index contributed by atoms with van der Waals surface area (Å²) < 4.78 is 45.9. The van der Waals surface area contributed by atoms with Gasteiger partial charge in [-0.3, -0.25) is 9.67 Å². The fourth-order valence-corrected chi connectivity index (χ4v) is 1.82. The van der Waals surface area contributed by atoms with Crippen LogP contribution in [0.3, 0.4) is 0 Å². The molecule has 0 N–H and O–H groups in total. The predicted octanol–water partition coefficient (Wildman–Crippen LogP) is 3.08. The van der Waals surface area contributed by atoms with Gasteiger partial charge in [-0.25, -0.2) is 4.98 Å². The second kappa shape index (κ2) is 5.67. The molecule has 6 nitrogen and oxygen atoms in total. The fourth-order valence-electron chi connectivity index (χ4n) is 1.82. The van der Waals surface area contributed by atoms with Crippen molar-refractivity contribution in [3.63, 3.8) is 0 Å². The lowest BCUT2D eigenvalue weighted by atomic mass is 10.2. The fraction of sp³-hybridized carbons (Fsp3) is 0.143. The number of rotatable bonds is 3. The number of pyridine rings is 1. The molecule has 23 heavy (non-hydrogen) atoms. The number of nitrogens with zero attached hydrogens (tertiary/aromatic N) is 5. The second-order valence-corrected chi connectivity index (χ2v) is 4.61. The lowest BCUT2D eigenvalue weighted by Crippen LogP contribution is -2.10. The van der Waals surface area contributed by atoms with Crippen molar-refractivity contribution in [3.8, 4) is 23.0 Å². The van der Waals surface area contributed by atoms with Crippen LogP contribution in [0.4, 0.5) is 13.2 Å². The zero-order chi connectivity index (χ0) is 16.4. The largest absolute Gasteiger partial charge is 0.436 e. The van der Waals surface area contributed by atoms with Crippen LogP contribution in [0, 0.1) is 0 Å². The van der Waals surface area contributed by atoms with Crippen molar-refractivity contribution in [3.05, 3.63) is 48.7 Å². The quantitative estimate of drug-likeness (QED) is 0.741. The van der Waals surface area contributed by atoms with E-state index in [4.69, 9.17) is 4.74 Å². The van der Waals surface area contributed by atoms with Crippen molar-refractivity contribution in [2.45, 2.75) is 6.18 Å². The molecule has 0 saturated carbocycles. The van der Waals surface area contributed by atoms with Crippen LogP contribution in [0.25, 0.3) is 11.4 Å². The molecule has 0 aliphatic rings. The van der Waals surface area contributed by atoms with Gasteiger partial charge in [0.2, 0.25) is 5.88 Å². The van der Waals surface area contributed by atoms with E-state index in [0.29, 0.717) is 5.56 Å². The summed E-state index contributed by atoms with van der Waals surface area (Å²) in [6, 6.07) is 3.89. The van der Waals surface area contributed by atoms with Crippen LogP contribution < -0.4 is 4.74 Å². The third-order valence-corrected chi connectivity index (χ3v) is 2.82. The maximum absolute atomic E-state index is 13.0. The third-order valence-electron chi connectivity index (χ3n) is 2.82. The third kappa shape index (κ3) is 3.44. The molecular formula is C14H10F3N5O. The van der Waals surface area contributed by atoms with E-state index in [9.17, 15) is 13.2 Å². The Morgan fingerprint density at radius 1 is 1.17 bits per heavy atom. The number of ether oxygens (including phenoxy) is 1. The Balaban J connectivity index is 2.05. The monoisotopic (exact) mass is 321 g/mol. The molecule has 0 aromatic carbocycles. The van der Waals surface area contributed by atoms with Crippen LogP contribution >= 0.6 is 0 Å². The molecule has 0 radical (unpaired) electrons. The molecular weight excluding hydrogens is 311 g/mol. The highest BCUT2D eigenvalue weighted by molar-refractivity contribution is 5.54. The number of hydrogen-bond donors (Lipinski definition) is 0. The van der Waals surface area contributed by atoms with Gasteiger partial charge in [0.15, 0.2) is 17.3 Å². The van der Waals surface area contributed by atoms with Gasteiger partial charge >= 0.3 is 6.18 Å². The number of hydrogen-bond acceptors (Lipinski definition) is 5. The van der Waals surface area contributed by atoms with Crippen LogP contribution in [-0.4, -0.2) is 24.7 Å². The first-order valence-electron chi connectivity index (χ1n) is 6.45. The standard InChI is InChI=1S/C14H10F3N5O/c1-22-8-10(7-19-22)23-12-5-11(14(15,16)17)20-13(21-12)9-3-2-4-18-6-9/h2-8H,1H3. The Hall–Kier alpha value is -2.97. The Labute approximate surface area is 128 Å². The van der Waals surface area contributed by atoms with Crippen molar-refractivity contribution in [1.29, 1.82) is 0 Å². The van der Waals surface area contributed by atoms with Crippen molar-refractivity contribution in [2.24, 2.45) is 7.05 Å². The van der Waals surface area contributed by atoms with E-state index in [0.717, 1.165) is 6.07 Å². The number of aryl methyl sites for hydroxylation is 1. The second-order valence-electron chi connectivity index (χ2n) is 4.61. The maximum atomic E-state index is 13.0. The highest BCUT2D eigenvalue weighted by Gasteiger charge is 2.34. The average molecular weight is 321 g/mol. The molecule has 0 fully saturated rings. The van der Waals surface area contributed by atoms with E-state index >= 15 is 0 Å². The number of halogens is 3. The molecule has 0 spiro atoms. The molecule has 9 heteroatoms. The molecule has 0 saturated heterocycles. The summed E-state index contributed by atoms with van der Waals surface area (Å²) in [5.74, 6) is -0.0672. The normalized spacial score (nSPS) is 11.5. The van der Waals surface area contributed by atoms with E-state index in [1.165, 1.54) is 29.5 Å². The smallest absolute Gasteiger partial charge is 0.433 e. The van der Waals surface area contributed by atoms with Gasteiger partial charge in [0.25, 0.3) is 0 Å². The zero-order valence-corrected chi connectivity index (χ0v) is 11.8.